The van der Waals surface area contributed by atoms with Crippen molar-refractivity contribution < 1.29 is 19.4 Å². The van der Waals surface area contributed by atoms with Gasteiger partial charge in [-0.05, 0) is 40.2 Å². The van der Waals surface area contributed by atoms with Crippen LogP contribution in [0.25, 0.3) is 0 Å². The maximum absolute atomic E-state index is 10.5. The second-order valence-electron chi connectivity index (χ2n) is 5.80. The number of rotatable bonds is 9. The molecule has 2 atom stereocenters. The van der Waals surface area contributed by atoms with Gasteiger partial charge in [0.2, 0.25) is 0 Å². The van der Waals surface area contributed by atoms with Crippen LogP contribution in [0.1, 0.15) is 40.0 Å². The molecule has 0 bridgehead atoms. The summed E-state index contributed by atoms with van der Waals surface area (Å²) in [7, 11) is 0. The number of hydrogen-bond acceptors (Lipinski definition) is 4. The minimum Gasteiger partial charge on any atom is -0.481 e. The van der Waals surface area contributed by atoms with Crippen LogP contribution in [-0.2, 0) is 14.3 Å². The summed E-state index contributed by atoms with van der Waals surface area (Å²) < 4.78 is 11.4. The molecule has 1 fully saturated rings. The molecule has 0 heterocycles. The van der Waals surface area contributed by atoms with E-state index in [9.17, 15) is 4.79 Å². The summed E-state index contributed by atoms with van der Waals surface area (Å²) >= 11 is 0. The minimum atomic E-state index is -0.792. The van der Waals surface area contributed by atoms with Gasteiger partial charge in [-0.25, -0.2) is 0 Å². The smallest absolute Gasteiger partial charge is 0.303 e. The van der Waals surface area contributed by atoms with E-state index < -0.39 is 11.6 Å². The Morgan fingerprint density at radius 2 is 2.17 bits per heavy atom. The molecule has 0 radical (unpaired) electrons. The fourth-order valence-corrected chi connectivity index (χ4v) is 2.01. The molecule has 5 heteroatoms. The molecule has 0 spiro atoms. The number of nitrogens with two attached hydrogens (primary N) is 1. The predicted octanol–water partition coefficient (Wildman–Crippen LogP) is 1.40. The number of carboxylic acids is 1. The molecule has 106 valence electrons. The Morgan fingerprint density at radius 1 is 1.50 bits per heavy atom. The summed E-state index contributed by atoms with van der Waals surface area (Å²) in [5.74, 6) is -0.322. The van der Waals surface area contributed by atoms with E-state index in [1.165, 1.54) is 0 Å². The van der Waals surface area contributed by atoms with E-state index >= 15 is 0 Å². The van der Waals surface area contributed by atoms with Crippen molar-refractivity contribution in [2.45, 2.75) is 51.2 Å². The molecule has 0 aliphatic heterocycles. The monoisotopic (exact) mass is 259 g/mol. The lowest BCUT2D eigenvalue weighted by Crippen LogP contribution is -2.28. The molecule has 0 aromatic rings. The van der Waals surface area contributed by atoms with Crippen molar-refractivity contribution >= 4 is 5.97 Å². The highest BCUT2D eigenvalue weighted by molar-refractivity contribution is 5.66. The topological polar surface area (TPSA) is 81.8 Å². The number of aliphatic carboxylic acids is 1. The van der Waals surface area contributed by atoms with Gasteiger partial charge < -0.3 is 20.3 Å². The third-order valence-electron chi connectivity index (χ3n) is 3.59. The van der Waals surface area contributed by atoms with E-state index in [1.54, 1.807) is 0 Å². The third-order valence-corrected chi connectivity index (χ3v) is 3.59. The first-order valence-electron chi connectivity index (χ1n) is 6.49. The van der Waals surface area contributed by atoms with E-state index in [0.29, 0.717) is 32.1 Å². The average molecular weight is 259 g/mol. The Hall–Kier alpha value is -0.650. The van der Waals surface area contributed by atoms with Gasteiger partial charge in [0.05, 0.1) is 24.4 Å². The van der Waals surface area contributed by atoms with E-state index in [2.05, 4.69) is 6.92 Å². The molecule has 0 saturated heterocycles. The molecule has 3 N–H and O–H groups in total. The Labute approximate surface area is 109 Å². The lowest BCUT2D eigenvalue weighted by molar-refractivity contribution is -0.139. The molecule has 0 aromatic heterocycles. The highest BCUT2D eigenvalue weighted by Crippen LogP contribution is 2.45. The van der Waals surface area contributed by atoms with Crippen LogP contribution in [-0.4, -0.2) is 42.0 Å². The molecule has 0 aromatic carbocycles. The molecule has 18 heavy (non-hydrogen) atoms. The fourth-order valence-electron chi connectivity index (χ4n) is 2.01. The quantitative estimate of drug-likeness (QED) is 0.612. The van der Waals surface area contributed by atoms with Gasteiger partial charge in [0.1, 0.15) is 0 Å². The zero-order chi connectivity index (χ0) is 13.8. The first kappa shape index (κ1) is 15.4. The lowest BCUT2D eigenvalue weighted by Gasteiger charge is -2.25. The zero-order valence-corrected chi connectivity index (χ0v) is 11.6. The summed E-state index contributed by atoms with van der Waals surface area (Å²) in [6, 6.07) is 0. The normalized spacial score (nSPS) is 27.2. The maximum atomic E-state index is 10.5. The second kappa shape index (κ2) is 5.99. The molecule has 1 saturated carbocycles. The van der Waals surface area contributed by atoms with E-state index in [1.807, 2.05) is 13.8 Å². The SMILES string of the molecule is CC(C)(CCC(=O)O)OCCOC1(C)CC1CN. The Kier molecular flexibility index (Phi) is 5.13. The van der Waals surface area contributed by atoms with Gasteiger partial charge in [-0.15, -0.1) is 0 Å². The molecule has 1 rings (SSSR count). The number of hydrogen-bond donors (Lipinski definition) is 2. The summed E-state index contributed by atoms with van der Waals surface area (Å²) in [4.78, 5) is 10.5. The van der Waals surface area contributed by atoms with Crippen LogP contribution < -0.4 is 5.73 Å². The van der Waals surface area contributed by atoms with Gasteiger partial charge in [0, 0.05) is 12.3 Å². The molecule has 5 nitrogen and oxygen atoms in total. The predicted molar refractivity (Wildman–Crippen MR) is 68.4 cm³/mol. The van der Waals surface area contributed by atoms with E-state index in [0.717, 1.165) is 6.42 Å². The summed E-state index contributed by atoms with van der Waals surface area (Å²) in [5.41, 5.74) is 5.10. The molecule has 0 amide bonds. The van der Waals surface area contributed by atoms with Gasteiger partial charge in [-0.3, -0.25) is 4.79 Å². The molecule has 1 aliphatic carbocycles. The van der Waals surface area contributed by atoms with Gasteiger partial charge in [-0.2, -0.15) is 0 Å². The maximum Gasteiger partial charge on any atom is 0.303 e. The van der Waals surface area contributed by atoms with E-state index in [4.69, 9.17) is 20.3 Å². The largest absolute Gasteiger partial charge is 0.481 e. The third kappa shape index (κ3) is 4.92. The Balaban J connectivity index is 2.12. The van der Waals surface area contributed by atoms with Crippen LogP contribution in [0.3, 0.4) is 0 Å². The van der Waals surface area contributed by atoms with Gasteiger partial charge in [-0.1, -0.05) is 0 Å². The van der Waals surface area contributed by atoms with Crippen molar-refractivity contribution in [3.63, 3.8) is 0 Å². The molecule has 1 aliphatic rings. The van der Waals surface area contributed by atoms with Crippen molar-refractivity contribution in [1.82, 2.24) is 0 Å². The van der Waals surface area contributed by atoms with Crippen LogP contribution in [0.5, 0.6) is 0 Å². The average Bonchev–Trinajstić information content (AvgIpc) is 2.94. The standard InChI is InChI=1S/C13H25NO4/c1-12(2,5-4-11(15)16)17-6-7-18-13(3)8-10(13)9-14/h10H,4-9,14H2,1-3H3,(H,15,16). The fraction of sp³-hybridized carbons (Fsp3) is 0.923. The summed E-state index contributed by atoms with van der Waals surface area (Å²) in [6.07, 6.45) is 1.65. The Bertz CT molecular complexity index is 293. The molecule has 2 unspecified atom stereocenters. The number of carboxylic acid groups (broad SMARTS) is 1. The van der Waals surface area contributed by atoms with Crippen molar-refractivity contribution in [3.05, 3.63) is 0 Å². The minimum absolute atomic E-state index is 0.0662. The highest BCUT2D eigenvalue weighted by Gasteiger charge is 2.50. The summed E-state index contributed by atoms with van der Waals surface area (Å²) in [6.45, 7) is 7.56. The van der Waals surface area contributed by atoms with Crippen LogP contribution in [0.15, 0.2) is 0 Å². The van der Waals surface area contributed by atoms with Crippen LogP contribution >= 0.6 is 0 Å². The van der Waals surface area contributed by atoms with Crippen molar-refractivity contribution in [2.75, 3.05) is 19.8 Å². The number of ether oxygens (including phenoxy) is 2. The van der Waals surface area contributed by atoms with Crippen molar-refractivity contribution in [1.29, 1.82) is 0 Å². The molecular formula is C13H25NO4. The van der Waals surface area contributed by atoms with E-state index in [-0.39, 0.29) is 12.0 Å². The Morgan fingerprint density at radius 3 is 2.67 bits per heavy atom. The van der Waals surface area contributed by atoms with Crippen molar-refractivity contribution in [3.8, 4) is 0 Å². The first-order valence-corrected chi connectivity index (χ1v) is 6.49. The lowest BCUT2D eigenvalue weighted by atomic mass is 10.0. The first-order chi connectivity index (χ1) is 8.29. The van der Waals surface area contributed by atoms with Gasteiger partial charge in [0.15, 0.2) is 0 Å². The summed E-state index contributed by atoms with van der Waals surface area (Å²) in [5, 5.41) is 8.63. The van der Waals surface area contributed by atoms with Crippen LogP contribution in [0.2, 0.25) is 0 Å². The second-order valence-corrected chi connectivity index (χ2v) is 5.80. The van der Waals surface area contributed by atoms with Gasteiger partial charge >= 0.3 is 5.97 Å². The molecular weight excluding hydrogens is 234 g/mol. The zero-order valence-electron chi connectivity index (χ0n) is 11.6. The van der Waals surface area contributed by atoms with Crippen LogP contribution in [0, 0.1) is 5.92 Å². The van der Waals surface area contributed by atoms with Gasteiger partial charge in [0.25, 0.3) is 0 Å². The van der Waals surface area contributed by atoms with Crippen molar-refractivity contribution in [2.24, 2.45) is 11.7 Å². The number of carbonyl (C=O) groups is 1. The highest BCUT2D eigenvalue weighted by atomic mass is 16.5. The van der Waals surface area contributed by atoms with Crippen LogP contribution in [0.4, 0.5) is 0 Å².